The third kappa shape index (κ3) is 5.43. The highest BCUT2D eigenvalue weighted by atomic mass is 32.2. The fourth-order valence-electron chi connectivity index (χ4n) is 2.24. The number of amides is 2. The van der Waals surface area contributed by atoms with Gasteiger partial charge in [-0.1, -0.05) is 18.1 Å². The van der Waals surface area contributed by atoms with Crippen LogP contribution in [0.3, 0.4) is 0 Å². The average Bonchev–Trinajstić information content (AvgIpc) is 3.09. The fraction of sp³-hybridized carbons (Fsp3) is 0.294. The van der Waals surface area contributed by atoms with Crippen LogP contribution >= 0.6 is 11.3 Å². The number of nitrogens with one attached hydrogen (secondary N) is 2. The summed E-state index contributed by atoms with van der Waals surface area (Å²) in [6.45, 7) is 1.76. The van der Waals surface area contributed by atoms with E-state index in [1.54, 1.807) is 12.5 Å². The van der Waals surface area contributed by atoms with Crippen molar-refractivity contribution in [3.63, 3.8) is 0 Å². The number of terminal acetylenes is 1. The highest BCUT2D eigenvalue weighted by Gasteiger charge is 2.29. The van der Waals surface area contributed by atoms with Crippen molar-refractivity contribution in [1.29, 1.82) is 0 Å². The second-order valence-electron chi connectivity index (χ2n) is 5.78. The number of carbonyl (C=O) groups is 1. The highest BCUT2D eigenvalue weighted by molar-refractivity contribution is 7.89. The molecule has 4 N–H and O–H groups in total. The van der Waals surface area contributed by atoms with Gasteiger partial charge in [0, 0.05) is 11.9 Å². The van der Waals surface area contributed by atoms with E-state index in [0.29, 0.717) is 10.8 Å². The van der Waals surface area contributed by atoms with Gasteiger partial charge in [-0.3, -0.25) is 5.32 Å². The molecule has 1 unspecified atom stereocenters. The third-order valence-electron chi connectivity index (χ3n) is 3.87. The number of ether oxygens (including phenoxy) is 1. The number of thiazole rings is 1. The Morgan fingerprint density at radius 2 is 2.07 bits per heavy atom. The first-order valence-electron chi connectivity index (χ1n) is 7.81. The Hall–Kier alpha value is -2.61. The number of primary sulfonamides is 1. The van der Waals surface area contributed by atoms with Crippen molar-refractivity contribution in [1.82, 2.24) is 10.3 Å². The van der Waals surface area contributed by atoms with Crippen LogP contribution in [0.1, 0.15) is 18.2 Å². The number of nitrogens with zero attached hydrogens (tertiary/aromatic N) is 1. The van der Waals surface area contributed by atoms with E-state index in [9.17, 15) is 13.2 Å². The van der Waals surface area contributed by atoms with E-state index in [-0.39, 0.29) is 12.3 Å². The molecule has 8 nitrogen and oxygen atoms in total. The van der Waals surface area contributed by atoms with Crippen molar-refractivity contribution in [3.05, 3.63) is 40.9 Å². The van der Waals surface area contributed by atoms with Gasteiger partial charge in [0.15, 0.2) is 5.13 Å². The zero-order valence-electron chi connectivity index (χ0n) is 14.9. The quantitative estimate of drug-likeness (QED) is 0.599. The number of methoxy groups -OCH3 is 1. The number of rotatable bonds is 7. The predicted octanol–water partition coefficient (Wildman–Crippen LogP) is 1.50. The number of nitrogens with two attached hydrogens (primary N) is 1. The maximum Gasteiger partial charge on any atom is 0.321 e. The van der Waals surface area contributed by atoms with E-state index in [1.165, 1.54) is 11.3 Å². The summed E-state index contributed by atoms with van der Waals surface area (Å²) in [4.78, 5) is 16.2. The van der Waals surface area contributed by atoms with Crippen LogP contribution < -0.4 is 20.5 Å². The lowest BCUT2D eigenvalue weighted by Gasteiger charge is -2.22. The van der Waals surface area contributed by atoms with Crippen LogP contribution in [-0.4, -0.2) is 38.8 Å². The predicted molar refractivity (Wildman–Crippen MR) is 105 cm³/mol. The van der Waals surface area contributed by atoms with Crippen LogP contribution in [0.25, 0.3) is 0 Å². The van der Waals surface area contributed by atoms with Crippen LogP contribution in [0.5, 0.6) is 5.75 Å². The number of hydrogen-bond donors (Lipinski definition) is 3. The molecule has 0 aliphatic carbocycles. The Morgan fingerprint density at radius 1 is 1.41 bits per heavy atom. The minimum absolute atomic E-state index is 0.100. The Bertz CT molecular complexity index is 948. The zero-order valence-corrected chi connectivity index (χ0v) is 16.5. The van der Waals surface area contributed by atoms with Crippen LogP contribution in [0.4, 0.5) is 9.93 Å². The van der Waals surface area contributed by atoms with Gasteiger partial charge in [-0.25, -0.2) is 23.3 Å². The molecule has 0 saturated heterocycles. The summed E-state index contributed by atoms with van der Waals surface area (Å²) < 4.78 is 26.9. The van der Waals surface area contributed by atoms with E-state index >= 15 is 0 Å². The first-order valence-corrected chi connectivity index (χ1v) is 10.4. The van der Waals surface area contributed by atoms with Gasteiger partial charge in [0.05, 0.1) is 24.0 Å². The number of aromatic nitrogens is 1. The number of carbonyl (C=O) groups excluding carboxylic acids is 1. The van der Waals surface area contributed by atoms with Crippen molar-refractivity contribution in [2.75, 3.05) is 24.7 Å². The van der Waals surface area contributed by atoms with E-state index in [4.69, 9.17) is 16.3 Å². The van der Waals surface area contributed by atoms with Gasteiger partial charge >= 0.3 is 6.03 Å². The Balaban J connectivity index is 2.10. The van der Waals surface area contributed by atoms with Gasteiger partial charge in [0.25, 0.3) is 0 Å². The maximum atomic E-state index is 11.8. The standard InChI is InChI=1S/C17H20N4O4S2/c1-4-17(2,12-5-7-13(25-3)8-6-12)14-11-26-16(20-14)21-15(22)19-9-10-27(18,23)24/h1,5-8,11H,9-10H2,2-3H3,(H2,18,23,24)(H2,19,20,21,22). The number of benzene rings is 1. The molecule has 2 aromatic rings. The molecule has 10 heteroatoms. The number of anilines is 1. The number of urea groups is 1. The first kappa shape index (κ1) is 20.7. The molecule has 27 heavy (non-hydrogen) atoms. The van der Waals surface area contributed by atoms with Crippen molar-refractivity contribution >= 4 is 32.5 Å². The summed E-state index contributed by atoms with van der Waals surface area (Å²) in [6.07, 6.45) is 5.77. The summed E-state index contributed by atoms with van der Waals surface area (Å²) in [5.74, 6) is 3.13. The molecule has 1 heterocycles. The third-order valence-corrected chi connectivity index (χ3v) is 5.40. The van der Waals surface area contributed by atoms with Crippen LogP contribution in [0.15, 0.2) is 29.6 Å². The number of sulfonamides is 1. The molecular weight excluding hydrogens is 388 g/mol. The summed E-state index contributed by atoms with van der Waals surface area (Å²) in [6, 6.07) is 6.78. The van der Waals surface area contributed by atoms with Crippen molar-refractivity contribution in [3.8, 4) is 18.1 Å². The lowest BCUT2D eigenvalue weighted by molar-refractivity contribution is 0.252. The van der Waals surface area contributed by atoms with Gasteiger partial charge < -0.3 is 10.1 Å². The van der Waals surface area contributed by atoms with Gasteiger partial charge in [-0.2, -0.15) is 0 Å². The normalized spacial score (nSPS) is 13.3. The van der Waals surface area contributed by atoms with Crippen molar-refractivity contribution < 1.29 is 17.9 Å². The van der Waals surface area contributed by atoms with Crippen LogP contribution in [0.2, 0.25) is 0 Å². The largest absolute Gasteiger partial charge is 0.497 e. The molecule has 0 bridgehead atoms. The fourth-order valence-corrected chi connectivity index (χ4v) is 3.44. The van der Waals surface area contributed by atoms with E-state index in [1.807, 2.05) is 31.2 Å². The average molecular weight is 409 g/mol. The summed E-state index contributed by atoms with van der Waals surface area (Å²) >= 11 is 1.22. The van der Waals surface area contributed by atoms with Crippen LogP contribution in [0, 0.1) is 12.3 Å². The molecule has 0 aliphatic heterocycles. The Labute approximate surface area is 162 Å². The SMILES string of the molecule is C#CC(C)(c1ccc(OC)cc1)c1csc(NC(=O)NCCS(N)(=O)=O)n1. The molecular formula is C17H20N4O4S2. The number of hydrogen-bond acceptors (Lipinski definition) is 6. The Kier molecular flexibility index (Phi) is 6.43. The van der Waals surface area contributed by atoms with Crippen molar-refractivity contribution in [2.45, 2.75) is 12.3 Å². The topological polar surface area (TPSA) is 123 Å². The summed E-state index contributed by atoms with van der Waals surface area (Å²) in [7, 11) is -2.05. The second kappa shape index (κ2) is 8.39. The molecule has 1 aromatic heterocycles. The van der Waals surface area contributed by atoms with E-state index in [0.717, 1.165) is 11.3 Å². The Morgan fingerprint density at radius 3 is 2.63 bits per heavy atom. The molecule has 144 valence electrons. The molecule has 0 radical (unpaired) electrons. The molecule has 0 fully saturated rings. The molecule has 0 saturated carbocycles. The maximum absolute atomic E-state index is 11.8. The van der Waals surface area contributed by atoms with E-state index in [2.05, 4.69) is 21.5 Å². The van der Waals surface area contributed by atoms with Gasteiger partial charge in [-0.15, -0.1) is 17.8 Å². The summed E-state index contributed by atoms with van der Waals surface area (Å²) in [5.41, 5.74) is 0.688. The molecule has 1 atom stereocenters. The van der Waals surface area contributed by atoms with Gasteiger partial charge in [-0.05, 0) is 24.6 Å². The molecule has 0 aliphatic rings. The lowest BCUT2D eigenvalue weighted by atomic mass is 9.81. The zero-order chi connectivity index (χ0) is 20.1. The molecule has 0 spiro atoms. The minimum Gasteiger partial charge on any atom is -0.497 e. The van der Waals surface area contributed by atoms with Gasteiger partial charge in [0.1, 0.15) is 5.75 Å². The lowest BCUT2D eigenvalue weighted by Crippen LogP contribution is -2.34. The minimum atomic E-state index is -3.63. The van der Waals surface area contributed by atoms with E-state index < -0.39 is 21.5 Å². The van der Waals surface area contributed by atoms with Gasteiger partial charge in [0.2, 0.25) is 10.0 Å². The summed E-state index contributed by atoms with van der Waals surface area (Å²) in [5, 5.41) is 11.9. The van der Waals surface area contributed by atoms with Crippen molar-refractivity contribution in [2.24, 2.45) is 5.14 Å². The molecule has 1 aromatic carbocycles. The second-order valence-corrected chi connectivity index (χ2v) is 8.38. The highest BCUT2D eigenvalue weighted by Crippen LogP contribution is 2.34. The smallest absolute Gasteiger partial charge is 0.321 e. The first-order chi connectivity index (χ1) is 12.7. The molecule has 2 rings (SSSR count). The van der Waals surface area contributed by atoms with Crippen LogP contribution in [-0.2, 0) is 15.4 Å². The monoisotopic (exact) mass is 408 g/mol. The molecule has 2 amide bonds.